The van der Waals surface area contributed by atoms with Crippen LogP contribution in [0.25, 0.3) is 0 Å². The van der Waals surface area contributed by atoms with E-state index in [1.54, 1.807) is 0 Å². The quantitative estimate of drug-likeness (QED) is 0.627. The van der Waals surface area contributed by atoms with E-state index in [0.717, 1.165) is 71.0 Å². The van der Waals surface area contributed by atoms with Crippen LogP contribution in [0.5, 0.6) is 0 Å². The second kappa shape index (κ2) is 9.93. The van der Waals surface area contributed by atoms with Gasteiger partial charge in [-0.05, 0) is 43.7 Å². The molecule has 2 atom stereocenters. The van der Waals surface area contributed by atoms with E-state index >= 15 is 0 Å². The van der Waals surface area contributed by atoms with Crippen LogP contribution in [0.2, 0.25) is 0 Å². The number of hydrogen-bond donors (Lipinski definition) is 1. The van der Waals surface area contributed by atoms with Crippen LogP contribution in [0.1, 0.15) is 37.8 Å². The van der Waals surface area contributed by atoms with Crippen LogP contribution in [0, 0.1) is 0 Å². The molecule has 0 aromatic heterocycles. The van der Waals surface area contributed by atoms with Gasteiger partial charge in [0.15, 0.2) is 5.96 Å². The maximum Gasteiger partial charge on any atom is 0.194 e. The third kappa shape index (κ3) is 5.21. The van der Waals surface area contributed by atoms with Gasteiger partial charge in [-0.2, -0.15) is 0 Å². The lowest BCUT2D eigenvalue weighted by Gasteiger charge is -2.37. The first kappa shape index (κ1) is 19.2. The topological polar surface area (TPSA) is 46.1 Å². The lowest BCUT2D eigenvalue weighted by molar-refractivity contribution is -0.0817. The predicted octanol–water partition coefficient (Wildman–Crippen LogP) is 2.64. The molecule has 0 saturated carbocycles. The average Bonchev–Trinajstić information content (AvgIpc) is 3.23. The van der Waals surface area contributed by atoms with Crippen LogP contribution in [0.15, 0.2) is 29.3 Å². The molecule has 1 N–H and O–H groups in total. The van der Waals surface area contributed by atoms with Gasteiger partial charge < -0.3 is 19.7 Å². The minimum Gasteiger partial charge on any atom is -0.375 e. The van der Waals surface area contributed by atoms with Crippen LogP contribution in [-0.2, 0) is 22.3 Å². The van der Waals surface area contributed by atoms with Crippen molar-refractivity contribution in [1.82, 2.24) is 10.2 Å². The Kier molecular flexibility index (Phi) is 7.32. The van der Waals surface area contributed by atoms with Crippen molar-refractivity contribution in [2.45, 2.75) is 51.7 Å². The monoisotopic (exact) mass is 359 g/mol. The molecule has 5 heteroatoms. The Morgan fingerprint density at radius 2 is 1.88 bits per heavy atom. The number of nitrogens with zero attached hydrogens (tertiary/aromatic N) is 2. The Hall–Kier alpha value is -1.59. The molecule has 0 spiro atoms. The first-order valence-electron chi connectivity index (χ1n) is 10.1. The lowest BCUT2D eigenvalue weighted by atomic mass is 10.1. The Balaban J connectivity index is 1.56. The first-order chi connectivity index (χ1) is 12.8. The third-order valence-corrected chi connectivity index (χ3v) is 5.20. The SMILES string of the molecule is CCNC(=NCCc1ccc(CC)cc1)N1CCOC(C2CCCO2)C1. The molecule has 3 rings (SSSR count). The molecule has 2 fully saturated rings. The summed E-state index contributed by atoms with van der Waals surface area (Å²) in [4.78, 5) is 7.20. The smallest absolute Gasteiger partial charge is 0.194 e. The van der Waals surface area contributed by atoms with E-state index in [1.165, 1.54) is 11.1 Å². The van der Waals surface area contributed by atoms with Crippen LogP contribution < -0.4 is 5.32 Å². The van der Waals surface area contributed by atoms with Crippen molar-refractivity contribution in [1.29, 1.82) is 0 Å². The number of aryl methyl sites for hydroxylation is 1. The van der Waals surface area contributed by atoms with Gasteiger partial charge in [0.05, 0.1) is 12.7 Å². The maximum atomic E-state index is 5.97. The standard InChI is InChI=1S/C21H33N3O2/c1-3-17-7-9-18(10-8-17)11-12-23-21(22-4-2)24-13-15-26-20(16-24)19-6-5-14-25-19/h7-10,19-20H,3-6,11-16H2,1-2H3,(H,22,23). The molecule has 2 aliphatic rings. The number of rotatable bonds is 6. The second-order valence-corrected chi connectivity index (χ2v) is 7.06. The molecule has 5 nitrogen and oxygen atoms in total. The molecule has 26 heavy (non-hydrogen) atoms. The Labute approximate surface area is 157 Å². The van der Waals surface area contributed by atoms with Gasteiger partial charge in [-0.25, -0.2) is 0 Å². The fourth-order valence-corrected chi connectivity index (χ4v) is 3.65. The highest BCUT2D eigenvalue weighted by Crippen LogP contribution is 2.21. The zero-order valence-corrected chi connectivity index (χ0v) is 16.2. The van der Waals surface area contributed by atoms with Gasteiger partial charge in [-0.1, -0.05) is 31.2 Å². The predicted molar refractivity (Wildman–Crippen MR) is 106 cm³/mol. The number of morpholine rings is 1. The normalized spacial score (nSPS) is 24.1. The summed E-state index contributed by atoms with van der Waals surface area (Å²) in [5.41, 5.74) is 2.74. The summed E-state index contributed by atoms with van der Waals surface area (Å²) in [5, 5.41) is 3.45. The van der Waals surface area contributed by atoms with E-state index < -0.39 is 0 Å². The molecule has 0 amide bonds. The minimum atomic E-state index is 0.164. The molecule has 2 saturated heterocycles. The van der Waals surface area contributed by atoms with Gasteiger partial charge in [0, 0.05) is 32.8 Å². The van der Waals surface area contributed by atoms with Crippen molar-refractivity contribution in [3.8, 4) is 0 Å². The van der Waals surface area contributed by atoms with Crippen molar-refractivity contribution in [3.63, 3.8) is 0 Å². The third-order valence-electron chi connectivity index (χ3n) is 5.20. The van der Waals surface area contributed by atoms with E-state index in [2.05, 4.69) is 48.3 Å². The molecular formula is C21H33N3O2. The highest BCUT2D eigenvalue weighted by atomic mass is 16.5. The van der Waals surface area contributed by atoms with E-state index in [9.17, 15) is 0 Å². The summed E-state index contributed by atoms with van der Waals surface area (Å²) in [6.07, 6.45) is 4.73. The summed E-state index contributed by atoms with van der Waals surface area (Å²) in [6.45, 7) is 9.36. The van der Waals surface area contributed by atoms with Crippen LogP contribution in [0.4, 0.5) is 0 Å². The number of aliphatic imine (C=N–C) groups is 1. The Bertz CT molecular complexity index is 567. The second-order valence-electron chi connectivity index (χ2n) is 7.06. The summed E-state index contributed by atoms with van der Waals surface area (Å²) in [7, 11) is 0. The maximum absolute atomic E-state index is 5.97. The number of nitrogens with one attached hydrogen (secondary N) is 1. The number of benzene rings is 1. The fourth-order valence-electron chi connectivity index (χ4n) is 3.65. The first-order valence-corrected chi connectivity index (χ1v) is 10.1. The number of guanidine groups is 1. The van der Waals surface area contributed by atoms with Crippen LogP contribution in [0.3, 0.4) is 0 Å². The molecule has 144 valence electrons. The molecule has 0 bridgehead atoms. The van der Waals surface area contributed by atoms with Gasteiger partial charge in [0.2, 0.25) is 0 Å². The summed E-state index contributed by atoms with van der Waals surface area (Å²) >= 11 is 0. The molecule has 2 unspecified atom stereocenters. The van der Waals surface area contributed by atoms with Gasteiger partial charge >= 0.3 is 0 Å². The number of hydrogen-bond acceptors (Lipinski definition) is 3. The van der Waals surface area contributed by atoms with Crippen molar-refractivity contribution in [2.24, 2.45) is 4.99 Å². The molecule has 1 aromatic carbocycles. The highest BCUT2D eigenvalue weighted by molar-refractivity contribution is 5.80. The van der Waals surface area contributed by atoms with Crippen molar-refractivity contribution in [3.05, 3.63) is 35.4 Å². The lowest BCUT2D eigenvalue weighted by Crippen LogP contribution is -2.53. The Morgan fingerprint density at radius 1 is 1.12 bits per heavy atom. The van der Waals surface area contributed by atoms with Crippen LogP contribution in [-0.4, -0.2) is 62.5 Å². The summed E-state index contributed by atoms with van der Waals surface area (Å²) in [5.74, 6) is 1.00. The highest BCUT2D eigenvalue weighted by Gasteiger charge is 2.32. The van der Waals surface area contributed by atoms with Crippen molar-refractivity contribution < 1.29 is 9.47 Å². The molecule has 1 aromatic rings. The van der Waals surface area contributed by atoms with Crippen molar-refractivity contribution in [2.75, 3.05) is 39.4 Å². The fraction of sp³-hybridized carbons (Fsp3) is 0.667. The summed E-state index contributed by atoms with van der Waals surface area (Å²) < 4.78 is 11.8. The van der Waals surface area contributed by atoms with E-state index in [-0.39, 0.29) is 12.2 Å². The average molecular weight is 360 g/mol. The van der Waals surface area contributed by atoms with E-state index in [0.29, 0.717) is 0 Å². The van der Waals surface area contributed by atoms with Crippen LogP contribution >= 0.6 is 0 Å². The molecule has 2 heterocycles. The zero-order chi connectivity index (χ0) is 18.2. The van der Waals surface area contributed by atoms with Crippen molar-refractivity contribution >= 4 is 5.96 Å². The molecule has 2 aliphatic heterocycles. The van der Waals surface area contributed by atoms with Gasteiger partial charge in [0.1, 0.15) is 6.10 Å². The minimum absolute atomic E-state index is 0.164. The number of ether oxygens (including phenoxy) is 2. The van der Waals surface area contributed by atoms with Gasteiger partial charge in [-0.15, -0.1) is 0 Å². The van der Waals surface area contributed by atoms with E-state index in [1.807, 2.05) is 0 Å². The molecular weight excluding hydrogens is 326 g/mol. The van der Waals surface area contributed by atoms with E-state index in [4.69, 9.17) is 14.5 Å². The summed E-state index contributed by atoms with van der Waals surface area (Å²) in [6, 6.07) is 8.89. The Morgan fingerprint density at radius 3 is 2.58 bits per heavy atom. The molecule has 0 radical (unpaired) electrons. The van der Waals surface area contributed by atoms with Gasteiger partial charge in [-0.3, -0.25) is 4.99 Å². The largest absolute Gasteiger partial charge is 0.375 e. The zero-order valence-electron chi connectivity index (χ0n) is 16.2. The van der Waals surface area contributed by atoms with Gasteiger partial charge in [0.25, 0.3) is 0 Å². The molecule has 0 aliphatic carbocycles.